The van der Waals surface area contributed by atoms with E-state index in [0.29, 0.717) is 0 Å². The second-order valence-electron chi connectivity index (χ2n) is 2.43. The lowest BCUT2D eigenvalue weighted by Crippen LogP contribution is -2.12. The van der Waals surface area contributed by atoms with Crippen LogP contribution in [0.2, 0.25) is 0 Å². The predicted molar refractivity (Wildman–Crippen MR) is 45.1 cm³/mol. The van der Waals surface area contributed by atoms with Crippen LogP contribution in [-0.4, -0.2) is 19.2 Å². The Bertz CT molecular complexity index is 375. The molecular weight excluding hydrogens is 196 g/mol. The van der Waals surface area contributed by atoms with Crippen molar-refractivity contribution >= 4 is 0 Å². The molecule has 4 nitrogen and oxygen atoms in total. The van der Waals surface area contributed by atoms with Gasteiger partial charge in [0.15, 0.2) is 11.5 Å². The van der Waals surface area contributed by atoms with Crippen molar-refractivity contribution in [2.24, 2.45) is 0 Å². The van der Waals surface area contributed by atoms with Crippen molar-refractivity contribution in [1.82, 2.24) is 4.98 Å². The van der Waals surface area contributed by atoms with Crippen molar-refractivity contribution < 1.29 is 18.3 Å². The summed E-state index contributed by atoms with van der Waals surface area (Å²) in [4.78, 5) is 13.6. The lowest BCUT2D eigenvalue weighted by molar-refractivity contribution is 0.141. The number of nitrogens with one attached hydrogen (secondary N) is 1. The molecule has 0 spiro atoms. The first-order chi connectivity index (χ1) is 6.61. The standard InChI is InChI=1S/C8H9F2NO3/c1-13-4-3-11-5(8(9)10)7(14-2)6(4)12/h3,8H,1-2H3,(H,11,12). The Hall–Kier alpha value is -1.59. The first kappa shape index (κ1) is 10.5. The molecule has 0 aliphatic heterocycles. The van der Waals surface area contributed by atoms with Gasteiger partial charge in [0, 0.05) is 6.20 Å². The molecule has 0 unspecified atom stereocenters. The molecule has 0 bridgehead atoms. The molecule has 0 aliphatic rings. The van der Waals surface area contributed by atoms with Gasteiger partial charge in [0.1, 0.15) is 5.69 Å². The molecule has 1 aromatic rings. The van der Waals surface area contributed by atoms with Crippen molar-refractivity contribution in [1.29, 1.82) is 0 Å². The highest BCUT2D eigenvalue weighted by Gasteiger charge is 2.19. The zero-order chi connectivity index (χ0) is 10.7. The summed E-state index contributed by atoms with van der Waals surface area (Å²) in [6.45, 7) is 0. The number of rotatable bonds is 3. The van der Waals surface area contributed by atoms with Gasteiger partial charge in [0.25, 0.3) is 11.9 Å². The quantitative estimate of drug-likeness (QED) is 0.809. The molecule has 0 amide bonds. The van der Waals surface area contributed by atoms with Crippen LogP contribution in [-0.2, 0) is 0 Å². The molecule has 1 N–H and O–H groups in total. The number of methoxy groups -OCH3 is 2. The molecule has 0 saturated carbocycles. The average Bonchev–Trinajstić information content (AvgIpc) is 2.17. The summed E-state index contributed by atoms with van der Waals surface area (Å²) in [7, 11) is 2.42. The minimum Gasteiger partial charge on any atom is -0.491 e. The van der Waals surface area contributed by atoms with Crippen LogP contribution in [0.25, 0.3) is 0 Å². The van der Waals surface area contributed by atoms with Crippen LogP contribution < -0.4 is 14.9 Å². The van der Waals surface area contributed by atoms with Crippen LogP contribution in [0.3, 0.4) is 0 Å². The number of hydrogen-bond donors (Lipinski definition) is 1. The lowest BCUT2D eigenvalue weighted by atomic mass is 10.3. The van der Waals surface area contributed by atoms with Gasteiger partial charge in [-0.2, -0.15) is 0 Å². The number of hydrogen-bond acceptors (Lipinski definition) is 3. The maximum Gasteiger partial charge on any atom is 0.282 e. The van der Waals surface area contributed by atoms with Gasteiger partial charge in [-0.15, -0.1) is 0 Å². The zero-order valence-electron chi connectivity index (χ0n) is 7.64. The molecule has 78 valence electrons. The topological polar surface area (TPSA) is 51.3 Å². The van der Waals surface area contributed by atoms with E-state index >= 15 is 0 Å². The SMILES string of the molecule is COc1c[nH]c(C(F)F)c(OC)c1=O. The third kappa shape index (κ3) is 1.68. The predicted octanol–water partition coefficient (Wildman–Crippen LogP) is 1.33. The Morgan fingerprint density at radius 2 is 2.00 bits per heavy atom. The van der Waals surface area contributed by atoms with Crippen molar-refractivity contribution in [2.45, 2.75) is 6.43 Å². The second-order valence-corrected chi connectivity index (χ2v) is 2.43. The van der Waals surface area contributed by atoms with Gasteiger partial charge in [-0.05, 0) is 0 Å². The Balaban J connectivity index is 3.36. The summed E-state index contributed by atoms with van der Waals surface area (Å²) < 4.78 is 33.9. The van der Waals surface area contributed by atoms with E-state index in [1.807, 2.05) is 0 Å². The Kier molecular flexibility index (Phi) is 3.06. The van der Waals surface area contributed by atoms with Gasteiger partial charge in [0.05, 0.1) is 14.2 Å². The Labute approximate surface area is 78.5 Å². The molecule has 0 aromatic carbocycles. The smallest absolute Gasteiger partial charge is 0.282 e. The summed E-state index contributed by atoms with van der Waals surface area (Å²) in [6, 6.07) is 0. The molecule has 6 heteroatoms. The largest absolute Gasteiger partial charge is 0.491 e. The Morgan fingerprint density at radius 1 is 1.36 bits per heavy atom. The fourth-order valence-electron chi connectivity index (χ4n) is 1.02. The number of ether oxygens (including phenoxy) is 2. The molecule has 14 heavy (non-hydrogen) atoms. The maximum atomic E-state index is 12.3. The van der Waals surface area contributed by atoms with Crippen molar-refractivity contribution in [3.05, 3.63) is 22.1 Å². The highest BCUT2D eigenvalue weighted by molar-refractivity contribution is 5.35. The van der Waals surface area contributed by atoms with Crippen LogP contribution in [0.4, 0.5) is 8.78 Å². The molecule has 0 fully saturated rings. The number of H-pyrrole nitrogens is 1. The van der Waals surface area contributed by atoms with Gasteiger partial charge in [-0.3, -0.25) is 4.79 Å². The third-order valence-electron chi connectivity index (χ3n) is 1.68. The minimum atomic E-state index is -2.79. The fourth-order valence-corrected chi connectivity index (χ4v) is 1.02. The molecule has 0 aliphatic carbocycles. The van der Waals surface area contributed by atoms with Crippen LogP contribution in [0, 0.1) is 0 Å². The highest BCUT2D eigenvalue weighted by atomic mass is 19.3. The zero-order valence-corrected chi connectivity index (χ0v) is 7.64. The first-order valence-electron chi connectivity index (χ1n) is 3.73. The van der Waals surface area contributed by atoms with E-state index in [0.717, 1.165) is 13.3 Å². The second kappa shape index (κ2) is 4.08. The number of halogens is 2. The third-order valence-corrected chi connectivity index (χ3v) is 1.68. The Morgan fingerprint density at radius 3 is 2.43 bits per heavy atom. The summed E-state index contributed by atoms with van der Waals surface area (Å²) in [5.41, 5.74) is -1.23. The molecule has 1 rings (SSSR count). The van der Waals surface area contributed by atoms with E-state index in [2.05, 4.69) is 14.5 Å². The number of pyridine rings is 1. The van der Waals surface area contributed by atoms with Gasteiger partial charge in [0.2, 0.25) is 0 Å². The number of alkyl halides is 2. The van der Waals surface area contributed by atoms with E-state index < -0.39 is 23.3 Å². The van der Waals surface area contributed by atoms with Gasteiger partial charge >= 0.3 is 0 Å². The molecule has 0 radical (unpaired) electrons. The van der Waals surface area contributed by atoms with Crippen LogP contribution >= 0.6 is 0 Å². The van der Waals surface area contributed by atoms with Crippen LogP contribution in [0.15, 0.2) is 11.0 Å². The molecule has 1 heterocycles. The van der Waals surface area contributed by atoms with E-state index in [1.54, 1.807) is 0 Å². The normalized spacial score (nSPS) is 10.4. The minimum absolute atomic E-state index is 0.0637. The fraction of sp³-hybridized carbons (Fsp3) is 0.375. The van der Waals surface area contributed by atoms with Crippen LogP contribution in [0.1, 0.15) is 12.1 Å². The number of aromatic amines is 1. The van der Waals surface area contributed by atoms with E-state index in [-0.39, 0.29) is 5.75 Å². The number of aromatic nitrogens is 1. The van der Waals surface area contributed by atoms with Gasteiger partial charge in [-0.1, -0.05) is 0 Å². The van der Waals surface area contributed by atoms with E-state index in [1.165, 1.54) is 7.11 Å². The summed E-state index contributed by atoms with van der Waals surface area (Å²) in [6.07, 6.45) is -1.71. The van der Waals surface area contributed by atoms with Crippen LogP contribution in [0.5, 0.6) is 11.5 Å². The highest BCUT2D eigenvalue weighted by Crippen LogP contribution is 2.24. The molecule has 1 aromatic heterocycles. The monoisotopic (exact) mass is 205 g/mol. The average molecular weight is 205 g/mol. The van der Waals surface area contributed by atoms with E-state index in [4.69, 9.17) is 0 Å². The maximum absolute atomic E-state index is 12.3. The lowest BCUT2D eigenvalue weighted by Gasteiger charge is -2.08. The molecular formula is C8H9F2NO3. The van der Waals surface area contributed by atoms with E-state index in [9.17, 15) is 13.6 Å². The van der Waals surface area contributed by atoms with Crippen molar-refractivity contribution in [3.8, 4) is 11.5 Å². The van der Waals surface area contributed by atoms with Crippen molar-refractivity contribution in [2.75, 3.05) is 14.2 Å². The van der Waals surface area contributed by atoms with Gasteiger partial charge in [-0.25, -0.2) is 8.78 Å². The summed E-state index contributed by atoms with van der Waals surface area (Å²) in [5.74, 6) is -0.481. The molecule has 0 saturated heterocycles. The van der Waals surface area contributed by atoms with Gasteiger partial charge < -0.3 is 14.5 Å². The molecule has 0 atom stereocenters. The first-order valence-corrected chi connectivity index (χ1v) is 3.73. The summed E-state index contributed by atoms with van der Waals surface area (Å²) >= 11 is 0. The van der Waals surface area contributed by atoms with Crippen molar-refractivity contribution in [3.63, 3.8) is 0 Å². The summed E-state index contributed by atoms with van der Waals surface area (Å²) in [5, 5.41) is 0.